The van der Waals surface area contributed by atoms with Gasteiger partial charge in [0.25, 0.3) is 0 Å². The molecule has 4 bridgehead atoms. The molecule has 0 aromatic heterocycles. The Morgan fingerprint density at radius 2 is 1.76 bits per heavy atom. The highest BCUT2D eigenvalue weighted by Gasteiger charge is 2.52. The lowest BCUT2D eigenvalue weighted by molar-refractivity contribution is -0.400. The fourth-order valence-corrected chi connectivity index (χ4v) is 6.01. The minimum absolute atomic E-state index is 0.132. The van der Waals surface area contributed by atoms with Crippen LogP contribution >= 0.6 is 0 Å². The molecule has 4 fully saturated rings. The van der Waals surface area contributed by atoms with Crippen molar-refractivity contribution < 1.29 is 9.66 Å². The van der Waals surface area contributed by atoms with Crippen molar-refractivity contribution in [3.63, 3.8) is 0 Å². The van der Waals surface area contributed by atoms with Gasteiger partial charge in [-0.25, -0.2) is 0 Å². The number of benzene rings is 1. The Morgan fingerprint density at radius 1 is 1.16 bits per heavy atom. The van der Waals surface area contributed by atoms with E-state index in [1.54, 1.807) is 6.08 Å². The molecule has 4 nitrogen and oxygen atoms in total. The molecule has 4 saturated carbocycles. The standard InChI is InChI=1S/C21H27NO3/c1-14(2)25-20-4-3-15(5-6-22(23)24)10-19(20)21-11-16-7-17(12-21)9-18(8-16)13-21/h3-6,10,14,16-18H,7-9,11-13H2,1-2H3/b6-5+. The topological polar surface area (TPSA) is 52.4 Å². The van der Waals surface area contributed by atoms with Crippen molar-refractivity contribution >= 4 is 6.08 Å². The summed E-state index contributed by atoms with van der Waals surface area (Å²) >= 11 is 0. The highest BCUT2D eigenvalue weighted by molar-refractivity contribution is 5.55. The lowest BCUT2D eigenvalue weighted by atomic mass is 9.48. The zero-order valence-electron chi connectivity index (χ0n) is 15.1. The fraction of sp³-hybridized carbons (Fsp3) is 0.619. The summed E-state index contributed by atoms with van der Waals surface area (Å²) in [6.07, 6.45) is 10.8. The predicted molar refractivity (Wildman–Crippen MR) is 98.1 cm³/mol. The summed E-state index contributed by atoms with van der Waals surface area (Å²) in [5.74, 6) is 3.55. The van der Waals surface area contributed by atoms with E-state index in [0.717, 1.165) is 35.3 Å². The SMILES string of the molecule is CC(C)Oc1ccc(/C=C/[N+](=O)[O-])cc1C12CC3CC(CC(C3)C1)C2. The minimum atomic E-state index is -0.400. The number of hydrogen-bond donors (Lipinski definition) is 0. The van der Waals surface area contributed by atoms with Gasteiger partial charge in [-0.3, -0.25) is 10.1 Å². The van der Waals surface area contributed by atoms with Crippen LogP contribution < -0.4 is 4.74 Å². The summed E-state index contributed by atoms with van der Waals surface area (Å²) < 4.78 is 6.16. The van der Waals surface area contributed by atoms with Gasteiger partial charge in [0.05, 0.1) is 11.0 Å². The molecule has 134 valence electrons. The molecule has 5 rings (SSSR count). The van der Waals surface area contributed by atoms with E-state index < -0.39 is 4.92 Å². The van der Waals surface area contributed by atoms with E-state index in [2.05, 4.69) is 19.9 Å². The molecule has 0 radical (unpaired) electrons. The summed E-state index contributed by atoms with van der Waals surface area (Å²) in [7, 11) is 0. The van der Waals surface area contributed by atoms with E-state index in [1.165, 1.54) is 44.1 Å². The molecule has 0 unspecified atom stereocenters. The van der Waals surface area contributed by atoms with Gasteiger partial charge in [-0.1, -0.05) is 6.07 Å². The normalized spacial score (nSPS) is 33.3. The van der Waals surface area contributed by atoms with Gasteiger partial charge in [0, 0.05) is 11.6 Å². The van der Waals surface area contributed by atoms with Crippen LogP contribution in [0, 0.1) is 27.9 Å². The highest BCUT2D eigenvalue weighted by Crippen LogP contribution is 2.62. The zero-order valence-corrected chi connectivity index (χ0v) is 15.1. The molecular weight excluding hydrogens is 314 g/mol. The van der Waals surface area contributed by atoms with Crippen LogP contribution in [0.1, 0.15) is 63.5 Å². The van der Waals surface area contributed by atoms with E-state index in [4.69, 9.17) is 4.74 Å². The molecule has 0 amide bonds. The van der Waals surface area contributed by atoms with Crippen LogP contribution in [0.5, 0.6) is 5.75 Å². The van der Waals surface area contributed by atoms with E-state index >= 15 is 0 Å². The van der Waals surface area contributed by atoms with E-state index in [9.17, 15) is 10.1 Å². The predicted octanol–water partition coefficient (Wildman–Crippen LogP) is 5.19. The molecule has 0 atom stereocenters. The van der Waals surface area contributed by atoms with Gasteiger partial charge in [-0.15, -0.1) is 0 Å². The van der Waals surface area contributed by atoms with Crippen LogP contribution in [-0.4, -0.2) is 11.0 Å². The van der Waals surface area contributed by atoms with Crippen LogP contribution in [0.3, 0.4) is 0 Å². The zero-order chi connectivity index (χ0) is 17.6. The first kappa shape index (κ1) is 16.6. The third kappa shape index (κ3) is 3.19. The number of rotatable bonds is 5. The van der Waals surface area contributed by atoms with Crippen molar-refractivity contribution in [3.05, 3.63) is 45.6 Å². The van der Waals surface area contributed by atoms with Gasteiger partial charge in [-0.05, 0) is 93.2 Å². The van der Waals surface area contributed by atoms with Crippen molar-refractivity contribution in [2.75, 3.05) is 0 Å². The number of nitro groups is 1. The Morgan fingerprint density at radius 3 is 2.28 bits per heavy atom. The fourth-order valence-electron chi connectivity index (χ4n) is 6.01. The highest BCUT2D eigenvalue weighted by atomic mass is 16.6. The molecule has 0 heterocycles. The minimum Gasteiger partial charge on any atom is -0.491 e. The van der Waals surface area contributed by atoms with Crippen molar-refractivity contribution in [3.8, 4) is 5.75 Å². The van der Waals surface area contributed by atoms with E-state index in [1.807, 2.05) is 12.1 Å². The molecule has 0 saturated heterocycles. The average molecular weight is 341 g/mol. The molecular formula is C21H27NO3. The maximum atomic E-state index is 10.7. The van der Waals surface area contributed by atoms with Crippen LogP contribution in [0.2, 0.25) is 0 Å². The molecule has 0 N–H and O–H groups in total. The Bertz CT molecular complexity index is 672. The lowest BCUT2D eigenvalue weighted by Gasteiger charge is -2.57. The Hall–Kier alpha value is -1.84. The largest absolute Gasteiger partial charge is 0.491 e. The van der Waals surface area contributed by atoms with Gasteiger partial charge in [0.15, 0.2) is 0 Å². The third-order valence-electron chi connectivity index (χ3n) is 6.36. The molecule has 1 aromatic rings. The molecule has 0 aliphatic heterocycles. The maximum Gasteiger partial charge on any atom is 0.235 e. The van der Waals surface area contributed by atoms with Gasteiger partial charge >= 0.3 is 0 Å². The Kier molecular flexibility index (Phi) is 4.09. The van der Waals surface area contributed by atoms with Crippen LogP contribution in [0.25, 0.3) is 6.08 Å². The molecule has 4 aliphatic rings. The molecule has 4 heteroatoms. The van der Waals surface area contributed by atoms with Gasteiger partial charge in [0.2, 0.25) is 6.20 Å². The monoisotopic (exact) mass is 341 g/mol. The molecule has 4 aliphatic carbocycles. The second-order valence-corrected chi connectivity index (χ2v) is 8.72. The summed E-state index contributed by atoms with van der Waals surface area (Å²) in [5.41, 5.74) is 2.42. The maximum absolute atomic E-state index is 10.7. The Labute approximate surface area is 149 Å². The van der Waals surface area contributed by atoms with Gasteiger partial charge < -0.3 is 4.74 Å². The molecule has 25 heavy (non-hydrogen) atoms. The summed E-state index contributed by atoms with van der Waals surface area (Å²) in [6, 6.07) is 6.11. The van der Waals surface area contributed by atoms with Crippen molar-refractivity contribution in [2.24, 2.45) is 17.8 Å². The molecule has 0 spiro atoms. The first-order chi connectivity index (χ1) is 11.9. The van der Waals surface area contributed by atoms with Crippen LogP contribution in [0.15, 0.2) is 24.4 Å². The van der Waals surface area contributed by atoms with E-state index in [-0.39, 0.29) is 11.5 Å². The van der Waals surface area contributed by atoms with Crippen LogP contribution in [0.4, 0.5) is 0 Å². The quantitative estimate of drug-likeness (QED) is 0.547. The molecule has 1 aromatic carbocycles. The van der Waals surface area contributed by atoms with Crippen molar-refractivity contribution in [1.29, 1.82) is 0 Å². The smallest absolute Gasteiger partial charge is 0.235 e. The van der Waals surface area contributed by atoms with Crippen LogP contribution in [-0.2, 0) is 5.41 Å². The summed E-state index contributed by atoms with van der Waals surface area (Å²) in [6.45, 7) is 4.12. The number of hydrogen-bond acceptors (Lipinski definition) is 3. The van der Waals surface area contributed by atoms with Crippen molar-refractivity contribution in [1.82, 2.24) is 0 Å². The van der Waals surface area contributed by atoms with Gasteiger partial charge in [-0.2, -0.15) is 0 Å². The first-order valence-electron chi connectivity index (χ1n) is 9.56. The summed E-state index contributed by atoms with van der Waals surface area (Å²) in [5, 5.41) is 10.7. The Balaban J connectivity index is 1.75. The van der Waals surface area contributed by atoms with Crippen molar-refractivity contribution in [2.45, 2.75) is 63.9 Å². The third-order valence-corrected chi connectivity index (χ3v) is 6.36. The van der Waals surface area contributed by atoms with Gasteiger partial charge in [0.1, 0.15) is 5.75 Å². The second-order valence-electron chi connectivity index (χ2n) is 8.72. The average Bonchev–Trinajstić information content (AvgIpc) is 2.52. The second kappa shape index (κ2) is 6.15. The lowest BCUT2D eigenvalue weighted by Crippen LogP contribution is -2.48. The van der Waals surface area contributed by atoms with E-state index in [0.29, 0.717) is 0 Å². The first-order valence-corrected chi connectivity index (χ1v) is 9.56. The number of ether oxygens (including phenoxy) is 1. The number of nitrogens with zero attached hydrogens (tertiary/aromatic N) is 1. The summed E-state index contributed by atoms with van der Waals surface area (Å²) in [4.78, 5) is 10.3.